The van der Waals surface area contributed by atoms with Gasteiger partial charge in [-0.15, -0.1) is 10.2 Å². The molecule has 0 unspecified atom stereocenters. The van der Waals surface area contributed by atoms with Gasteiger partial charge in [0, 0.05) is 25.2 Å². The summed E-state index contributed by atoms with van der Waals surface area (Å²) in [5, 5.41) is 12.0. The normalized spacial score (nSPS) is 16.3. The molecule has 1 saturated heterocycles. The number of amides is 1. The Morgan fingerprint density at radius 3 is 2.60 bits per heavy atom. The predicted octanol–water partition coefficient (Wildman–Crippen LogP) is 4.29. The van der Waals surface area contributed by atoms with Gasteiger partial charge in [0.25, 0.3) is 0 Å². The Morgan fingerprint density at radius 2 is 1.87 bits per heavy atom. The van der Waals surface area contributed by atoms with E-state index in [9.17, 15) is 4.79 Å². The van der Waals surface area contributed by atoms with Crippen LogP contribution in [-0.4, -0.2) is 29.2 Å². The van der Waals surface area contributed by atoms with E-state index in [1.54, 1.807) is 0 Å². The Labute approximate surface area is 178 Å². The maximum absolute atomic E-state index is 12.7. The molecule has 0 bridgehead atoms. The molecule has 1 fully saturated rings. The number of aromatic nitrogens is 2. The number of nitrogens with zero attached hydrogens (tertiary/aromatic N) is 3. The molecular weight excluding hydrogens is 372 g/mol. The quantitative estimate of drug-likeness (QED) is 0.694. The molecule has 0 saturated carbocycles. The molecular formula is C25H28N4O. The first kappa shape index (κ1) is 20.1. The zero-order valence-electron chi connectivity index (χ0n) is 17.6. The lowest BCUT2D eigenvalue weighted by Gasteiger charge is -2.32. The number of aryl methyl sites for hydroxylation is 2. The van der Waals surface area contributed by atoms with Crippen LogP contribution in [0.15, 0.2) is 60.7 Å². The van der Waals surface area contributed by atoms with Crippen LogP contribution in [0.2, 0.25) is 0 Å². The molecule has 154 valence electrons. The number of anilines is 1. The molecule has 1 aliphatic heterocycles. The van der Waals surface area contributed by atoms with Crippen LogP contribution < -0.4 is 10.2 Å². The summed E-state index contributed by atoms with van der Waals surface area (Å²) < 4.78 is 0. The van der Waals surface area contributed by atoms with Crippen molar-refractivity contribution in [2.75, 3.05) is 18.0 Å². The fourth-order valence-corrected chi connectivity index (χ4v) is 3.93. The monoisotopic (exact) mass is 400 g/mol. The molecule has 2 aromatic carbocycles. The van der Waals surface area contributed by atoms with Gasteiger partial charge in [-0.2, -0.15) is 0 Å². The second-order valence-corrected chi connectivity index (χ2v) is 8.13. The summed E-state index contributed by atoms with van der Waals surface area (Å²) in [6, 6.07) is 20.6. The number of rotatable bonds is 5. The van der Waals surface area contributed by atoms with Crippen molar-refractivity contribution >= 4 is 11.7 Å². The Bertz CT molecular complexity index is 998. The second-order valence-electron chi connectivity index (χ2n) is 8.13. The van der Waals surface area contributed by atoms with Crippen LogP contribution in [0.25, 0.3) is 11.3 Å². The molecule has 0 radical (unpaired) electrons. The lowest BCUT2D eigenvalue weighted by atomic mass is 9.97. The Hall–Kier alpha value is -3.21. The number of carbonyl (C=O) groups excluding carboxylic acids is 1. The van der Waals surface area contributed by atoms with E-state index in [1.165, 1.54) is 11.1 Å². The van der Waals surface area contributed by atoms with E-state index in [0.29, 0.717) is 13.1 Å². The van der Waals surface area contributed by atoms with E-state index in [0.717, 1.165) is 42.0 Å². The van der Waals surface area contributed by atoms with Crippen molar-refractivity contribution in [2.24, 2.45) is 5.92 Å². The van der Waals surface area contributed by atoms with Crippen molar-refractivity contribution in [2.45, 2.75) is 33.2 Å². The van der Waals surface area contributed by atoms with Crippen LogP contribution in [0, 0.1) is 19.8 Å². The maximum atomic E-state index is 12.7. The van der Waals surface area contributed by atoms with Crippen LogP contribution in [-0.2, 0) is 11.3 Å². The third kappa shape index (κ3) is 4.85. The van der Waals surface area contributed by atoms with Crippen LogP contribution in [0.5, 0.6) is 0 Å². The topological polar surface area (TPSA) is 58.1 Å². The lowest BCUT2D eigenvalue weighted by molar-refractivity contribution is -0.125. The molecule has 5 nitrogen and oxygen atoms in total. The number of hydrogen-bond acceptors (Lipinski definition) is 4. The zero-order chi connectivity index (χ0) is 20.9. The van der Waals surface area contributed by atoms with Crippen LogP contribution in [0.4, 0.5) is 5.82 Å². The molecule has 5 heteroatoms. The van der Waals surface area contributed by atoms with Gasteiger partial charge in [0.1, 0.15) is 0 Å². The molecule has 2 heterocycles. The molecule has 4 rings (SSSR count). The first-order valence-corrected chi connectivity index (χ1v) is 10.6. The van der Waals surface area contributed by atoms with E-state index in [4.69, 9.17) is 0 Å². The highest BCUT2D eigenvalue weighted by Gasteiger charge is 2.26. The predicted molar refractivity (Wildman–Crippen MR) is 120 cm³/mol. The molecule has 0 spiro atoms. The van der Waals surface area contributed by atoms with Gasteiger partial charge >= 0.3 is 0 Å². The summed E-state index contributed by atoms with van der Waals surface area (Å²) in [6.07, 6.45) is 1.88. The Balaban J connectivity index is 1.37. The molecule has 3 aromatic rings. The maximum Gasteiger partial charge on any atom is 0.225 e. The van der Waals surface area contributed by atoms with Gasteiger partial charge in [0.05, 0.1) is 11.6 Å². The minimum absolute atomic E-state index is 0.0258. The van der Waals surface area contributed by atoms with Gasteiger partial charge in [-0.05, 0) is 44.4 Å². The fraction of sp³-hybridized carbons (Fsp3) is 0.320. The van der Waals surface area contributed by atoms with Crippen molar-refractivity contribution in [1.29, 1.82) is 0 Å². The third-order valence-corrected chi connectivity index (χ3v) is 5.66. The molecule has 1 amide bonds. The molecule has 1 N–H and O–H groups in total. The van der Waals surface area contributed by atoms with E-state index in [2.05, 4.69) is 70.7 Å². The summed E-state index contributed by atoms with van der Waals surface area (Å²) in [7, 11) is 0. The Morgan fingerprint density at radius 1 is 1.03 bits per heavy atom. The fourth-order valence-electron chi connectivity index (χ4n) is 3.93. The summed E-state index contributed by atoms with van der Waals surface area (Å²) in [4.78, 5) is 14.9. The minimum Gasteiger partial charge on any atom is -0.354 e. The zero-order valence-corrected chi connectivity index (χ0v) is 17.6. The van der Waals surface area contributed by atoms with Gasteiger partial charge in [0.15, 0.2) is 5.82 Å². The van der Waals surface area contributed by atoms with Crippen molar-refractivity contribution < 1.29 is 4.79 Å². The number of carbonyl (C=O) groups is 1. The molecule has 30 heavy (non-hydrogen) atoms. The van der Waals surface area contributed by atoms with E-state index < -0.39 is 0 Å². The number of piperidine rings is 1. The van der Waals surface area contributed by atoms with Gasteiger partial charge in [-0.3, -0.25) is 4.79 Å². The highest BCUT2D eigenvalue weighted by molar-refractivity contribution is 5.79. The van der Waals surface area contributed by atoms with Crippen molar-refractivity contribution in [1.82, 2.24) is 15.5 Å². The van der Waals surface area contributed by atoms with Crippen molar-refractivity contribution in [3.63, 3.8) is 0 Å². The summed E-state index contributed by atoms with van der Waals surface area (Å²) in [5.41, 5.74) is 5.49. The summed E-state index contributed by atoms with van der Waals surface area (Å²) in [5.74, 6) is 0.926. The molecule has 1 atom stereocenters. The average molecular weight is 401 g/mol. The SMILES string of the molecule is Cc1ccc(-c2ccc(N3CCC[C@H](C(=O)NCc4cccc(C)c4)C3)nn2)cc1. The summed E-state index contributed by atoms with van der Waals surface area (Å²) >= 11 is 0. The lowest BCUT2D eigenvalue weighted by Crippen LogP contribution is -2.43. The smallest absolute Gasteiger partial charge is 0.225 e. The van der Waals surface area contributed by atoms with Crippen molar-refractivity contribution in [3.05, 3.63) is 77.4 Å². The highest BCUT2D eigenvalue weighted by atomic mass is 16.1. The first-order chi connectivity index (χ1) is 14.6. The van der Waals surface area contributed by atoms with Gasteiger partial charge in [0.2, 0.25) is 5.91 Å². The molecule has 1 aromatic heterocycles. The van der Waals surface area contributed by atoms with Crippen LogP contribution in [0.1, 0.15) is 29.5 Å². The number of benzene rings is 2. The first-order valence-electron chi connectivity index (χ1n) is 10.6. The van der Waals surface area contributed by atoms with E-state index in [1.807, 2.05) is 24.3 Å². The van der Waals surface area contributed by atoms with Crippen LogP contribution in [0.3, 0.4) is 0 Å². The second kappa shape index (κ2) is 9.08. The van der Waals surface area contributed by atoms with Crippen molar-refractivity contribution in [3.8, 4) is 11.3 Å². The van der Waals surface area contributed by atoms with E-state index in [-0.39, 0.29) is 11.8 Å². The Kier molecular flexibility index (Phi) is 6.07. The van der Waals surface area contributed by atoms with Gasteiger partial charge in [-0.25, -0.2) is 0 Å². The van der Waals surface area contributed by atoms with E-state index >= 15 is 0 Å². The van der Waals surface area contributed by atoms with Crippen LogP contribution >= 0.6 is 0 Å². The molecule has 1 aliphatic rings. The highest BCUT2D eigenvalue weighted by Crippen LogP contribution is 2.24. The number of hydrogen-bond donors (Lipinski definition) is 1. The van der Waals surface area contributed by atoms with Gasteiger partial charge in [-0.1, -0.05) is 59.7 Å². The minimum atomic E-state index is -0.0258. The average Bonchev–Trinajstić information content (AvgIpc) is 2.78. The third-order valence-electron chi connectivity index (χ3n) is 5.66. The standard InChI is InChI=1S/C25H28N4O/c1-18-8-10-21(11-9-18)23-12-13-24(28-27-23)29-14-4-7-22(17-29)25(30)26-16-20-6-3-5-19(2)15-20/h3,5-6,8-13,15,22H,4,7,14,16-17H2,1-2H3,(H,26,30)/t22-/m0/s1. The molecule has 0 aliphatic carbocycles. The number of nitrogens with one attached hydrogen (secondary N) is 1. The summed E-state index contributed by atoms with van der Waals surface area (Å²) in [6.45, 7) is 6.29. The largest absolute Gasteiger partial charge is 0.354 e. The van der Waals surface area contributed by atoms with Gasteiger partial charge < -0.3 is 10.2 Å².